The average molecular weight is 279 g/mol. The van der Waals surface area contributed by atoms with Gasteiger partial charge in [0, 0.05) is 6.42 Å². The van der Waals surface area contributed by atoms with Crippen molar-refractivity contribution in [3.63, 3.8) is 0 Å². The van der Waals surface area contributed by atoms with Crippen molar-refractivity contribution in [1.29, 1.82) is 0 Å². The molecule has 1 aliphatic heterocycles. The molecule has 1 fully saturated rings. The van der Waals surface area contributed by atoms with E-state index in [2.05, 4.69) is 16.0 Å². The minimum atomic E-state index is -0.584. The van der Waals surface area contributed by atoms with Crippen LogP contribution in [0.25, 0.3) is 0 Å². The van der Waals surface area contributed by atoms with Gasteiger partial charge in [-0.2, -0.15) is 0 Å². The second kappa shape index (κ2) is 6.25. The Morgan fingerprint density at radius 1 is 1.35 bits per heavy atom. The van der Waals surface area contributed by atoms with E-state index in [1.54, 1.807) is 6.07 Å². The number of benzene rings is 1. The molecule has 106 valence electrons. The minimum Gasteiger partial charge on any atom is -0.322 e. The van der Waals surface area contributed by atoms with Gasteiger partial charge in [-0.3, -0.25) is 25.0 Å². The second-order valence-corrected chi connectivity index (χ2v) is 4.41. The van der Waals surface area contributed by atoms with Gasteiger partial charge in [0.05, 0.1) is 18.3 Å². The van der Waals surface area contributed by atoms with Gasteiger partial charge in [-0.15, -0.1) is 0 Å². The first-order chi connectivity index (χ1) is 9.56. The number of carbonyl (C=O) groups is 3. The standard InChI is InChI=1S/C13H14FN3O3/c14-8-3-1-2-4-9(8)16-12(19)7-15-10-5-6-11(18)17-13(10)20/h1-4,10,15H,5-7H2,(H,16,19)(H,17,18,20). The molecular formula is C13H14FN3O3. The van der Waals surface area contributed by atoms with Gasteiger partial charge in [0.25, 0.3) is 0 Å². The minimum absolute atomic E-state index is 0.0857. The summed E-state index contributed by atoms with van der Waals surface area (Å²) < 4.78 is 13.3. The van der Waals surface area contributed by atoms with Crippen LogP contribution in [-0.4, -0.2) is 30.3 Å². The Labute approximate surface area is 114 Å². The van der Waals surface area contributed by atoms with Crippen LogP contribution in [0.5, 0.6) is 0 Å². The van der Waals surface area contributed by atoms with Gasteiger partial charge in [-0.05, 0) is 18.6 Å². The zero-order chi connectivity index (χ0) is 14.5. The van der Waals surface area contributed by atoms with E-state index in [1.807, 2.05) is 0 Å². The van der Waals surface area contributed by atoms with Crippen molar-refractivity contribution in [2.24, 2.45) is 0 Å². The van der Waals surface area contributed by atoms with Crippen LogP contribution in [-0.2, 0) is 14.4 Å². The van der Waals surface area contributed by atoms with Gasteiger partial charge in [0.1, 0.15) is 5.82 Å². The molecule has 20 heavy (non-hydrogen) atoms. The fraction of sp³-hybridized carbons (Fsp3) is 0.308. The average Bonchev–Trinajstić information content (AvgIpc) is 2.40. The number of imide groups is 1. The fourth-order valence-corrected chi connectivity index (χ4v) is 1.86. The van der Waals surface area contributed by atoms with Gasteiger partial charge < -0.3 is 5.32 Å². The molecule has 0 radical (unpaired) electrons. The predicted molar refractivity (Wildman–Crippen MR) is 69.2 cm³/mol. The summed E-state index contributed by atoms with van der Waals surface area (Å²) in [5.74, 6) is -1.74. The summed E-state index contributed by atoms with van der Waals surface area (Å²) >= 11 is 0. The Balaban J connectivity index is 1.82. The molecule has 0 saturated carbocycles. The van der Waals surface area contributed by atoms with E-state index in [0.29, 0.717) is 6.42 Å². The molecule has 1 aromatic rings. The molecule has 2 rings (SSSR count). The van der Waals surface area contributed by atoms with Crippen molar-refractivity contribution in [3.05, 3.63) is 30.1 Å². The molecule has 0 aliphatic carbocycles. The Morgan fingerprint density at radius 2 is 2.10 bits per heavy atom. The largest absolute Gasteiger partial charge is 0.322 e. The molecule has 1 aromatic carbocycles. The lowest BCUT2D eigenvalue weighted by atomic mass is 10.1. The molecule has 3 amide bonds. The van der Waals surface area contributed by atoms with Gasteiger partial charge in [0.15, 0.2) is 0 Å². The zero-order valence-electron chi connectivity index (χ0n) is 10.6. The molecule has 1 aliphatic rings. The summed E-state index contributed by atoms with van der Waals surface area (Å²) in [6.07, 6.45) is 0.579. The Hall–Kier alpha value is -2.28. The first-order valence-corrected chi connectivity index (χ1v) is 6.17. The summed E-state index contributed by atoms with van der Waals surface area (Å²) in [5, 5.41) is 7.31. The third-order valence-corrected chi connectivity index (χ3v) is 2.90. The molecule has 6 nitrogen and oxygen atoms in total. The number of anilines is 1. The maximum atomic E-state index is 13.3. The summed E-state index contributed by atoms with van der Waals surface area (Å²) in [6.45, 7) is -0.138. The highest BCUT2D eigenvalue weighted by molar-refractivity contribution is 6.00. The molecular weight excluding hydrogens is 265 g/mol. The van der Waals surface area contributed by atoms with Gasteiger partial charge in [-0.1, -0.05) is 12.1 Å². The van der Waals surface area contributed by atoms with E-state index >= 15 is 0 Å². The number of piperidine rings is 1. The number of rotatable bonds is 4. The molecule has 0 bridgehead atoms. The zero-order valence-corrected chi connectivity index (χ0v) is 10.6. The lowest BCUT2D eigenvalue weighted by molar-refractivity contribution is -0.134. The van der Waals surface area contributed by atoms with Crippen molar-refractivity contribution in [2.75, 3.05) is 11.9 Å². The highest BCUT2D eigenvalue weighted by Gasteiger charge is 2.26. The summed E-state index contributed by atoms with van der Waals surface area (Å²) in [5.41, 5.74) is 0.0857. The Morgan fingerprint density at radius 3 is 2.80 bits per heavy atom. The van der Waals surface area contributed by atoms with Crippen molar-refractivity contribution < 1.29 is 18.8 Å². The van der Waals surface area contributed by atoms with Crippen LogP contribution in [0.1, 0.15) is 12.8 Å². The van der Waals surface area contributed by atoms with Crippen LogP contribution in [0.3, 0.4) is 0 Å². The Kier molecular flexibility index (Phi) is 4.41. The third kappa shape index (κ3) is 3.61. The number of nitrogens with one attached hydrogen (secondary N) is 3. The molecule has 0 aromatic heterocycles. The number of amides is 3. The third-order valence-electron chi connectivity index (χ3n) is 2.90. The van der Waals surface area contributed by atoms with E-state index in [9.17, 15) is 18.8 Å². The van der Waals surface area contributed by atoms with Crippen molar-refractivity contribution in [2.45, 2.75) is 18.9 Å². The second-order valence-electron chi connectivity index (χ2n) is 4.41. The van der Waals surface area contributed by atoms with E-state index in [0.717, 1.165) is 0 Å². The monoisotopic (exact) mass is 279 g/mol. The highest BCUT2D eigenvalue weighted by Crippen LogP contribution is 2.12. The maximum absolute atomic E-state index is 13.3. The van der Waals surface area contributed by atoms with Crippen LogP contribution < -0.4 is 16.0 Å². The molecule has 1 unspecified atom stereocenters. The lowest BCUT2D eigenvalue weighted by Crippen LogP contribution is -2.52. The van der Waals surface area contributed by atoms with E-state index < -0.39 is 23.7 Å². The number of hydrogen-bond acceptors (Lipinski definition) is 4. The van der Waals surface area contributed by atoms with E-state index in [-0.39, 0.29) is 24.6 Å². The Bertz CT molecular complexity index is 547. The van der Waals surface area contributed by atoms with Crippen LogP contribution in [0.15, 0.2) is 24.3 Å². The summed E-state index contributed by atoms with van der Waals surface area (Å²) in [4.78, 5) is 34.0. The van der Waals surface area contributed by atoms with Crippen molar-refractivity contribution in [3.8, 4) is 0 Å². The lowest BCUT2D eigenvalue weighted by Gasteiger charge is -2.21. The summed E-state index contributed by atoms with van der Waals surface area (Å²) in [7, 11) is 0. The molecule has 1 saturated heterocycles. The first kappa shape index (κ1) is 14.1. The molecule has 1 heterocycles. The predicted octanol–water partition coefficient (Wildman–Crippen LogP) is 0.159. The molecule has 1 atom stereocenters. The van der Waals surface area contributed by atoms with Gasteiger partial charge in [0.2, 0.25) is 17.7 Å². The first-order valence-electron chi connectivity index (χ1n) is 6.17. The number of hydrogen-bond donors (Lipinski definition) is 3. The van der Waals surface area contributed by atoms with Crippen molar-refractivity contribution in [1.82, 2.24) is 10.6 Å². The van der Waals surface area contributed by atoms with E-state index in [1.165, 1.54) is 18.2 Å². The number of para-hydroxylation sites is 1. The SMILES string of the molecule is O=C1CCC(NCC(=O)Nc2ccccc2F)C(=O)N1. The van der Waals surface area contributed by atoms with E-state index in [4.69, 9.17) is 0 Å². The van der Waals surface area contributed by atoms with Crippen LogP contribution in [0, 0.1) is 5.82 Å². The molecule has 3 N–H and O–H groups in total. The van der Waals surface area contributed by atoms with Crippen LogP contribution >= 0.6 is 0 Å². The van der Waals surface area contributed by atoms with Crippen molar-refractivity contribution >= 4 is 23.4 Å². The van der Waals surface area contributed by atoms with Crippen LogP contribution in [0.2, 0.25) is 0 Å². The fourth-order valence-electron chi connectivity index (χ4n) is 1.86. The number of carbonyl (C=O) groups excluding carboxylic acids is 3. The molecule has 0 spiro atoms. The van der Waals surface area contributed by atoms with Crippen LogP contribution in [0.4, 0.5) is 10.1 Å². The maximum Gasteiger partial charge on any atom is 0.243 e. The smallest absolute Gasteiger partial charge is 0.243 e. The van der Waals surface area contributed by atoms with Gasteiger partial charge in [-0.25, -0.2) is 4.39 Å². The topological polar surface area (TPSA) is 87.3 Å². The quantitative estimate of drug-likeness (QED) is 0.685. The molecule has 7 heteroatoms. The van der Waals surface area contributed by atoms with Gasteiger partial charge >= 0.3 is 0 Å². The normalized spacial score (nSPS) is 18.6. The highest BCUT2D eigenvalue weighted by atomic mass is 19.1. The number of halogens is 1. The summed E-state index contributed by atoms with van der Waals surface area (Å²) in [6, 6.07) is 5.22.